The Bertz CT molecular complexity index is 831. The first-order valence-electron chi connectivity index (χ1n) is 8.47. The van der Waals surface area contributed by atoms with E-state index in [1.807, 2.05) is 38.1 Å². The minimum atomic E-state index is -0.343. The molecule has 0 saturated carbocycles. The van der Waals surface area contributed by atoms with Crippen LogP contribution in [0.1, 0.15) is 16.7 Å². The fourth-order valence-electron chi connectivity index (χ4n) is 2.25. The number of amides is 1. The van der Waals surface area contributed by atoms with Gasteiger partial charge in [-0.25, -0.2) is 5.43 Å². The van der Waals surface area contributed by atoms with Crippen molar-refractivity contribution < 1.29 is 19.0 Å². The van der Waals surface area contributed by atoms with Crippen LogP contribution in [0, 0.1) is 13.8 Å². The van der Waals surface area contributed by atoms with Gasteiger partial charge in [0.25, 0.3) is 5.91 Å². The number of aryl methyl sites for hydroxylation is 2. The predicted octanol–water partition coefficient (Wildman–Crippen LogP) is 3.41. The number of nitrogens with one attached hydrogen (secondary N) is 1. The summed E-state index contributed by atoms with van der Waals surface area (Å²) in [7, 11) is 1.56. The maximum atomic E-state index is 11.9. The van der Waals surface area contributed by atoms with Gasteiger partial charge in [0.15, 0.2) is 18.1 Å². The lowest BCUT2D eigenvalue weighted by molar-refractivity contribution is -0.123. The van der Waals surface area contributed by atoms with Crippen molar-refractivity contribution in [1.29, 1.82) is 0 Å². The first kappa shape index (κ1) is 20.0. The van der Waals surface area contributed by atoms with Gasteiger partial charge in [0.1, 0.15) is 12.4 Å². The predicted molar refractivity (Wildman–Crippen MR) is 106 cm³/mol. The highest BCUT2D eigenvalue weighted by Gasteiger charge is 2.06. The van der Waals surface area contributed by atoms with Crippen molar-refractivity contribution in [3.05, 3.63) is 65.7 Å². The van der Waals surface area contributed by atoms with E-state index >= 15 is 0 Å². The molecule has 6 heteroatoms. The number of methoxy groups -OCH3 is 1. The van der Waals surface area contributed by atoms with Crippen LogP contribution < -0.4 is 19.6 Å². The van der Waals surface area contributed by atoms with Crippen LogP contribution >= 0.6 is 0 Å². The third kappa shape index (κ3) is 6.18. The molecular formula is C21H24N2O4. The van der Waals surface area contributed by atoms with E-state index in [2.05, 4.69) is 17.1 Å². The molecule has 0 bridgehead atoms. The largest absolute Gasteiger partial charge is 0.493 e. The molecule has 0 unspecified atom stereocenters. The van der Waals surface area contributed by atoms with Gasteiger partial charge in [0.05, 0.1) is 13.3 Å². The lowest BCUT2D eigenvalue weighted by atomic mass is 10.1. The highest BCUT2D eigenvalue weighted by atomic mass is 16.5. The Kier molecular flexibility index (Phi) is 7.43. The number of hydrazone groups is 1. The first-order valence-corrected chi connectivity index (χ1v) is 8.47. The van der Waals surface area contributed by atoms with Crippen LogP contribution in [0.3, 0.4) is 0 Å². The molecule has 142 valence electrons. The smallest absolute Gasteiger partial charge is 0.277 e. The van der Waals surface area contributed by atoms with Crippen LogP contribution in [0.15, 0.2) is 54.2 Å². The van der Waals surface area contributed by atoms with Crippen molar-refractivity contribution in [3.63, 3.8) is 0 Å². The number of benzene rings is 2. The lowest BCUT2D eigenvalue weighted by Gasteiger charge is -2.10. The molecule has 0 heterocycles. The molecule has 27 heavy (non-hydrogen) atoms. The topological polar surface area (TPSA) is 69.2 Å². The second-order valence-corrected chi connectivity index (χ2v) is 5.86. The van der Waals surface area contributed by atoms with E-state index < -0.39 is 0 Å². The Hall–Kier alpha value is -3.28. The lowest BCUT2D eigenvalue weighted by Crippen LogP contribution is -2.24. The van der Waals surface area contributed by atoms with Gasteiger partial charge in [-0.15, -0.1) is 0 Å². The summed E-state index contributed by atoms with van der Waals surface area (Å²) >= 11 is 0. The van der Waals surface area contributed by atoms with E-state index in [4.69, 9.17) is 14.2 Å². The molecule has 0 fully saturated rings. The maximum absolute atomic E-state index is 11.9. The Balaban J connectivity index is 1.89. The molecule has 0 aliphatic rings. The Morgan fingerprint density at radius 1 is 1.11 bits per heavy atom. The van der Waals surface area contributed by atoms with E-state index in [1.165, 1.54) is 6.21 Å². The number of ether oxygens (including phenoxy) is 3. The molecular weight excluding hydrogens is 344 g/mol. The summed E-state index contributed by atoms with van der Waals surface area (Å²) in [6.07, 6.45) is 3.18. The molecule has 0 aliphatic carbocycles. The average Bonchev–Trinajstić information content (AvgIpc) is 2.67. The van der Waals surface area contributed by atoms with E-state index in [0.717, 1.165) is 16.7 Å². The molecule has 1 amide bonds. The van der Waals surface area contributed by atoms with Crippen molar-refractivity contribution in [2.24, 2.45) is 5.10 Å². The van der Waals surface area contributed by atoms with Gasteiger partial charge < -0.3 is 14.2 Å². The highest BCUT2D eigenvalue weighted by Crippen LogP contribution is 2.27. The molecule has 0 aromatic heterocycles. The van der Waals surface area contributed by atoms with E-state index in [1.54, 1.807) is 25.3 Å². The third-order valence-corrected chi connectivity index (χ3v) is 3.65. The second kappa shape index (κ2) is 10.0. The summed E-state index contributed by atoms with van der Waals surface area (Å²) in [6.45, 7) is 7.79. The van der Waals surface area contributed by atoms with Gasteiger partial charge in [-0.1, -0.05) is 24.8 Å². The summed E-state index contributed by atoms with van der Waals surface area (Å²) in [6, 6.07) is 11.2. The number of hydrogen-bond acceptors (Lipinski definition) is 5. The van der Waals surface area contributed by atoms with Gasteiger partial charge in [-0.3, -0.25) is 4.79 Å². The van der Waals surface area contributed by atoms with E-state index in [-0.39, 0.29) is 12.5 Å². The molecule has 0 aliphatic heterocycles. The molecule has 0 radical (unpaired) electrons. The Morgan fingerprint density at radius 2 is 1.93 bits per heavy atom. The Labute approximate surface area is 159 Å². The summed E-state index contributed by atoms with van der Waals surface area (Å²) in [5.41, 5.74) is 5.25. The van der Waals surface area contributed by atoms with E-state index in [9.17, 15) is 4.79 Å². The molecule has 0 saturated heterocycles. The van der Waals surface area contributed by atoms with Crippen LogP contribution in [0.5, 0.6) is 17.2 Å². The van der Waals surface area contributed by atoms with Crippen LogP contribution in [-0.4, -0.2) is 32.4 Å². The second-order valence-electron chi connectivity index (χ2n) is 5.86. The molecule has 0 atom stereocenters. The van der Waals surface area contributed by atoms with Crippen molar-refractivity contribution >= 4 is 12.1 Å². The zero-order valence-electron chi connectivity index (χ0n) is 15.8. The van der Waals surface area contributed by atoms with Gasteiger partial charge in [0, 0.05) is 0 Å². The number of hydrogen-bond donors (Lipinski definition) is 1. The third-order valence-electron chi connectivity index (χ3n) is 3.65. The number of rotatable bonds is 9. The van der Waals surface area contributed by atoms with Gasteiger partial charge in [-0.05, 0) is 54.8 Å². The van der Waals surface area contributed by atoms with Gasteiger partial charge in [-0.2, -0.15) is 5.10 Å². The summed E-state index contributed by atoms with van der Waals surface area (Å²) in [5, 5.41) is 3.94. The summed E-state index contributed by atoms with van der Waals surface area (Å²) < 4.78 is 16.3. The summed E-state index contributed by atoms with van der Waals surface area (Å²) in [4.78, 5) is 11.9. The fraction of sp³-hybridized carbons (Fsp3) is 0.238. The van der Waals surface area contributed by atoms with Crippen molar-refractivity contribution in [1.82, 2.24) is 5.43 Å². The minimum Gasteiger partial charge on any atom is -0.493 e. The zero-order valence-corrected chi connectivity index (χ0v) is 15.8. The van der Waals surface area contributed by atoms with Gasteiger partial charge in [0.2, 0.25) is 0 Å². The SMILES string of the molecule is C=CCOc1ccc(/C=N\NC(=O)COc2cc(C)ccc2C)cc1OC. The molecule has 6 nitrogen and oxygen atoms in total. The normalized spacial score (nSPS) is 10.5. The molecule has 2 rings (SSSR count). The molecule has 0 spiro atoms. The molecule has 2 aromatic carbocycles. The van der Waals surface area contributed by atoms with Crippen molar-refractivity contribution in [2.45, 2.75) is 13.8 Å². The number of carbonyl (C=O) groups is 1. The van der Waals surface area contributed by atoms with Crippen LogP contribution in [0.25, 0.3) is 0 Å². The van der Waals surface area contributed by atoms with Gasteiger partial charge >= 0.3 is 0 Å². The quantitative estimate of drug-likeness (QED) is 0.418. The van der Waals surface area contributed by atoms with Crippen LogP contribution in [0.4, 0.5) is 0 Å². The maximum Gasteiger partial charge on any atom is 0.277 e. The van der Waals surface area contributed by atoms with Crippen LogP contribution in [0.2, 0.25) is 0 Å². The number of carbonyl (C=O) groups excluding carboxylic acids is 1. The van der Waals surface area contributed by atoms with Crippen molar-refractivity contribution in [2.75, 3.05) is 20.3 Å². The monoisotopic (exact) mass is 368 g/mol. The fourth-order valence-corrected chi connectivity index (χ4v) is 2.25. The summed E-state index contributed by atoms with van der Waals surface area (Å²) in [5.74, 6) is 1.53. The first-order chi connectivity index (χ1) is 13.0. The van der Waals surface area contributed by atoms with E-state index in [0.29, 0.717) is 23.9 Å². The molecule has 1 N–H and O–H groups in total. The number of nitrogens with zero attached hydrogens (tertiary/aromatic N) is 1. The zero-order chi connectivity index (χ0) is 19.6. The standard InChI is InChI=1S/C21H24N2O4/c1-5-10-26-18-9-8-17(12-20(18)25-4)13-22-23-21(24)14-27-19-11-15(2)6-7-16(19)3/h5-9,11-13H,1,10,14H2,2-4H3,(H,23,24)/b22-13-. The van der Waals surface area contributed by atoms with Crippen LogP contribution in [-0.2, 0) is 4.79 Å². The molecule has 2 aromatic rings. The average molecular weight is 368 g/mol. The Morgan fingerprint density at radius 3 is 2.67 bits per heavy atom. The minimum absolute atomic E-state index is 0.112. The van der Waals surface area contributed by atoms with Crippen molar-refractivity contribution in [3.8, 4) is 17.2 Å². The highest BCUT2D eigenvalue weighted by molar-refractivity contribution is 5.83.